The number of nitrogens with zero attached hydrogens (tertiary/aromatic N) is 5. The highest BCUT2D eigenvalue weighted by Crippen LogP contribution is 2.35. The van der Waals surface area contributed by atoms with Crippen LogP contribution in [0.5, 0.6) is 5.75 Å². The van der Waals surface area contributed by atoms with Crippen molar-refractivity contribution < 1.29 is 18.7 Å². The normalized spacial score (nSPS) is 16.5. The first kappa shape index (κ1) is 31.4. The molecule has 2 amide bonds. The quantitative estimate of drug-likeness (QED) is 0.209. The predicted octanol–water partition coefficient (Wildman–Crippen LogP) is 6.76. The molecule has 240 valence electrons. The summed E-state index contributed by atoms with van der Waals surface area (Å²) in [5.41, 5.74) is 3.06. The molecule has 10 heteroatoms. The lowest BCUT2D eigenvalue weighted by Gasteiger charge is -2.33. The van der Waals surface area contributed by atoms with Crippen LogP contribution < -0.4 is 15.0 Å². The van der Waals surface area contributed by atoms with Crippen LogP contribution in [0, 0.1) is 5.82 Å². The zero-order valence-electron chi connectivity index (χ0n) is 26.3. The molecule has 1 aromatic heterocycles. The summed E-state index contributed by atoms with van der Waals surface area (Å²) in [6, 6.07) is 20.0. The van der Waals surface area contributed by atoms with Gasteiger partial charge in [0.1, 0.15) is 24.2 Å². The van der Waals surface area contributed by atoms with E-state index >= 15 is 0 Å². The molecule has 3 aromatic carbocycles. The number of tetrazole rings is 1. The molecule has 1 atom stereocenters. The molecule has 46 heavy (non-hydrogen) atoms. The van der Waals surface area contributed by atoms with Crippen LogP contribution in [-0.2, 0) is 16.1 Å². The summed E-state index contributed by atoms with van der Waals surface area (Å²) >= 11 is 0. The molecule has 0 radical (unpaired) electrons. The van der Waals surface area contributed by atoms with Crippen LogP contribution in [0.15, 0.2) is 72.8 Å². The van der Waals surface area contributed by atoms with Crippen LogP contribution in [0.2, 0.25) is 0 Å². The lowest BCUT2D eigenvalue weighted by molar-refractivity contribution is -0.127. The molecule has 0 bridgehead atoms. The van der Waals surface area contributed by atoms with Crippen molar-refractivity contribution in [3.05, 3.63) is 89.7 Å². The molecule has 2 aliphatic rings. The number of rotatable bonds is 10. The third-order valence-electron chi connectivity index (χ3n) is 9.24. The summed E-state index contributed by atoms with van der Waals surface area (Å²) in [5.74, 6) is 0.456. The summed E-state index contributed by atoms with van der Waals surface area (Å²) in [4.78, 5) is 31.2. The van der Waals surface area contributed by atoms with Gasteiger partial charge in [0, 0.05) is 17.3 Å². The zero-order valence-corrected chi connectivity index (χ0v) is 26.3. The van der Waals surface area contributed by atoms with Crippen LogP contribution >= 0.6 is 0 Å². The number of amides is 2. The Kier molecular flexibility index (Phi) is 10.0. The maximum atomic E-state index is 14.3. The molecule has 0 saturated heterocycles. The minimum Gasteiger partial charge on any atom is -0.497 e. The van der Waals surface area contributed by atoms with Gasteiger partial charge in [-0.15, -0.1) is 10.2 Å². The van der Waals surface area contributed by atoms with E-state index in [0.29, 0.717) is 28.7 Å². The van der Waals surface area contributed by atoms with Crippen molar-refractivity contribution in [1.29, 1.82) is 0 Å². The fourth-order valence-corrected chi connectivity index (χ4v) is 6.73. The Labute approximate surface area is 269 Å². The summed E-state index contributed by atoms with van der Waals surface area (Å²) in [6.07, 6.45) is 11.0. The number of carbonyl (C=O) groups excluding carboxylic acids is 2. The molecule has 2 aliphatic carbocycles. The van der Waals surface area contributed by atoms with Gasteiger partial charge >= 0.3 is 0 Å². The number of hydrogen-bond acceptors (Lipinski definition) is 6. The van der Waals surface area contributed by atoms with Crippen LogP contribution in [0.1, 0.15) is 87.3 Å². The Hall–Kier alpha value is -4.60. The van der Waals surface area contributed by atoms with Crippen LogP contribution in [0.3, 0.4) is 0 Å². The smallest absolute Gasteiger partial charge is 0.251 e. The number of aromatic nitrogens is 4. The third-order valence-corrected chi connectivity index (χ3v) is 9.24. The molecule has 1 heterocycles. The highest BCUT2D eigenvalue weighted by Gasteiger charge is 2.35. The van der Waals surface area contributed by atoms with Gasteiger partial charge in [-0.25, -0.2) is 4.39 Å². The number of benzene rings is 3. The Balaban J connectivity index is 1.34. The van der Waals surface area contributed by atoms with E-state index in [-0.39, 0.29) is 18.5 Å². The van der Waals surface area contributed by atoms with Gasteiger partial charge in [0.05, 0.1) is 7.11 Å². The minimum atomic E-state index is -1.03. The monoisotopic (exact) mass is 624 g/mol. The average molecular weight is 625 g/mol. The van der Waals surface area contributed by atoms with Gasteiger partial charge in [-0.3, -0.25) is 14.5 Å². The Morgan fingerprint density at radius 1 is 0.891 bits per heavy atom. The van der Waals surface area contributed by atoms with Gasteiger partial charge in [-0.1, -0.05) is 62.8 Å². The van der Waals surface area contributed by atoms with E-state index in [1.54, 1.807) is 31.4 Å². The number of nitrogens with one attached hydrogen (secondary N) is 1. The average Bonchev–Trinajstić information content (AvgIpc) is 3.57. The molecule has 1 N–H and O–H groups in total. The molecule has 6 rings (SSSR count). The number of anilines is 1. The molecule has 2 fully saturated rings. The second-order valence-corrected chi connectivity index (χ2v) is 12.4. The maximum absolute atomic E-state index is 14.3. The summed E-state index contributed by atoms with van der Waals surface area (Å²) in [5, 5.41) is 16.0. The van der Waals surface area contributed by atoms with Crippen molar-refractivity contribution in [2.75, 3.05) is 12.0 Å². The number of methoxy groups -OCH3 is 1. The Morgan fingerprint density at radius 3 is 2.20 bits per heavy atom. The molecular weight excluding hydrogens is 583 g/mol. The second-order valence-electron chi connectivity index (χ2n) is 12.4. The van der Waals surface area contributed by atoms with Gasteiger partial charge in [0.25, 0.3) is 5.91 Å². The molecule has 4 aromatic rings. The van der Waals surface area contributed by atoms with Crippen molar-refractivity contribution in [3.63, 3.8) is 0 Å². The van der Waals surface area contributed by atoms with Gasteiger partial charge in [0.15, 0.2) is 0 Å². The lowest BCUT2D eigenvalue weighted by atomic mass is 9.84. The molecule has 0 aliphatic heterocycles. The second kappa shape index (κ2) is 14.7. The fraction of sp³-hybridized carbons (Fsp3) is 0.417. The summed E-state index contributed by atoms with van der Waals surface area (Å²) in [7, 11) is 1.60. The number of carbonyl (C=O) groups is 2. The van der Waals surface area contributed by atoms with Gasteiger partial charge in [0.2, 0.25) is 11.7 Å². The first-order valence-corrected chi connectivity index (χ1v) is 16.4. The van der Waals surface area contributed by atoms with E-state index in [0.717, 1.165) is 50.5 Å². The maximum Gasteiger partial charge on any atom is 0.251 e. The van der Waals surface area contributed by atoms with E-state index in [9.17, 15) is 14.0 Å². The van der Waals surface area contributed by atoms with Gasteiger partial charge < -0.3 is 10.1 Å². The van der Waals surface area contributed by atoms with E-state index in [1.165, 1.54) is 46.7 Å². The standard InChI is InChI=1S/C36H41FN6O3/c1-46-32-22-16-28(17-23-32)35-39-41-42(40-35)24-33(44)43(31-20-14-26(15-21-31)25-8-4-2-5-9-25)34(27-12-18-29(37)19-13-27)36(45)38-30-10-6-3-7-11-30/h12-23,25,30,34H,2-11,24H2,1H3,(H,38,45)/t34-/m1/s1. The van der Waals surface area contributed by atoms with Crippen LogP contribution in [0.25, 0.3) is 11.4 Å². The minimum absolute atomic E-state index is 0.0267. The highest BCUT2D eigenvalue weighted by atomic mass is 19.1. The first-order chi connectivity index (χ1) is 22.5. The predicted molar refractivity (Wildman–Crippen MR) is 174 cm³/mol. The van der Waals surface area contributed by atoms with Crippen molar-refractivity contribution in [2.45, 2.75) is 88.8 Å². The Morgan fingerprint density at radius 2 is 1.54 bits per heavy atom. The molecule has 2 saturated carbocycles. The lowest BCUT2D eigenvalue weighted by Crippen LogP contribution is -2.48. The van der Waals surface area contributed by atoms with Crippen molar-refractivity contribution in [3.8, 4) is 17.1 Å². The summed E-state index contributed by atoms with van der Waals surface area (Å²) in [6.45, 7) is -0.248. The SMILES string of the molecule is COc1ccc(-c2nnn(CC(=O)N(c3ccc(C4CCCCC4)cc3)[C@@H](C(=O)NC3CCCCC3)c3ccc(F)cc3)n2)cc1. The van der Waals surface area contributed by atoms with Crippen LogP contribution in [-0.4, -0.2) is 45.2 Å². The number of halogens is 1. The Bertz CT molecular complexity index is 1590. The van der Waals surface area contributed by atoms with E-state index in [2.05, 4.69) is 32.9 Å². The van der Waals surface area contributed by atoms with Crippen molar-refractivity contribution in [2.24, 2.45) is 0 Å². The molecule has 0 spiro atoms. The molecule has 9 nitrogen and oxygen atoms in total. The van der Waals surface area contributed by atoms with E-state index in [4.69, 9.17) is 4.74 Å². The van der Waals surface area contributed by atoms with Gasteiger partial charge in [-0.05, 0) is 96.5 Å². The largest absolute Gasteiger partial charge is 0.497 e. The van der Waals surface area contributed by atoms with Crippen molar-refractivity contribution >= 4 is 17.5 Å². The molecule has 0 unspecified atom stereocenters. The highest BCUT2D eigenvalue weighted by molar-refractivity contribution is 6.01. The van der Waals surface area contributed by atoms with E-state index < -0.39 is 17.8 Å². The van der Waals surface area contributed by atoms with Crippen molar-refractivity contribution in [1.82, 2.24) is 25.5 Å². The van der Waals surface area contributed by atoms with E-state index in [1.807, 2.05) is 24.3 Å². The van der Waals surface area contributed by atoms with Gasteiger partial charge in [-0.2, -0.15) is 4.80 Å². The van der Waals surface area contributed by atoms with Crippen LogP contribution in [0.4, 0.5) is 10.1 Å². The summed E-state index contributed by atoms with van der Waals surface area (Å²) < 4.78 is 19.3. The number of ether oxygens (including phenoxy) is 1. The molecular formula is C36H41FN6O3. The zero-order chi connectivity index (χ0) is 31.9. The fourth-order valence-electron chi connectivity index (χ4n) is 6.73. The number of hydrogen-bond donors (Lipinski definition) is 1. The first-order valence-electron chi connectivity index (χ1n) is 16.4. The topological polar surface area (TPSA) is 102 Å². The third kappa shape index (κ3) is 7.43.